The zero-order valence-electron chi connectivity index (χ0n) is 7.78. The van der Waals surface area contributed by atoms with Gasteiger partial charge in [0.2, 0.25) is 0 Å². The summed E-state index contributed by atoms with van der Waals surface area (Å²) in [6.45, 7) is 1.72. The van der Waals surface area contributed by atoms with Crippen molar-refractivity contribution >= 4 is 0 Å². The Labute approximate surface area is 73.5 Å². The lowest BCUT2D eigenvalue weighted by Gasteiger charge is -2.34. The smallest absolute Gasteiger partial charge is 0.108 e. The van der Waals surface area contributed by atoms with Crippen LogP contribution >= 0.6 is 0 Å². The van der Waals surface area contributed by atoms with Crippen LogP contribution in [0.2, 0.25) is 0 Å². The Bertz CT molecular complexity index is 174. The van der Waals surface area contributed by atoms with E-state index in [2.05, 4.69) is 0 Å². The normalized spacial score (nSPS) is 45.8. The molecule has 0 heterocycles. The summed E-state index contributed by atoms with van der Waals surface area (Å²) in [6.07, 6.45) is 5.78. The molecule has 0 aromatic rings. The van der Waals surface area contributed by atoms with Crippen LogP contribution in [0.15, 0.2) is 0 Å². The second kappa shape index (κ2) is 2.44. The number of hydrogen-bond acceptors (Lipinski definition) is 1. The Morgan fingerprint density at radius 3 is 2.08 bits per heavy atom. The van der Waals surface area contributed by atoms with Gasteiger partial charge in [-0.3, -0.25) is 0 Å². The SMILES string of the molecule is CC1(F)CCC(C2(N)CC2)CC1. The lowest BCUT2D eigenvalue weighted by atomic mass is 9.77. The third kappa shape index (κ3) is 1.49. The average Bonchev–Trinajstić information content (AvgIpc) is 2.68. The fraction of sp³-hybridized carbons (Fsp3) is 1.00. The summed E-state index contributed by atoms with van der Waals surface area (Å²) < 4.78 is 13.4. The van der Waals surface area contributed by atoms with Gasteiger partial charge in [0.1, 0.15) is 5.67 Å². The minimum atomic E-state index is -0.901. The molecule has 0 bridgehead atoms. The van der Waals surface area contributed by atoms with Gasteiger partial charge in [-0.2, -0.15) is 0 Å². The molecule has 2 heteroatoms. The standard InChI is InChI=1S/C10H18FN/c1-9(11)4-2-8(3-5-9)10(12)6-7-10/h8H,2-7,12H2,1H3. The molecule has 2 rings (SSSR count). The fourth-order valence-corrected chi connectivity index (χ4v) is 2.35. The van der Waals surface area contributed by atoms with Gasteiger partial charge in [0, 0.05) is 5.54 Å². The van der Waals surface area contributed by atoms with Crippen molar-refractivity contribution in [1.29, 1.82) is 0 Å². The first-order valence-electron chi connectivity index (χ1n) is 5.00. The lowest BCUT2D eigenvalue weighted by Crippen LogP contribution is -2.38. The van der Waals surface area contributed by atoms with Crippen LogP contribution in [0.1, 0.15) is 45.4 Å². The maximum atomic E-state index is 13.4. The van der Waals surface area contributed by atoms with E-state index >= 15 is 0 Å². The summed E-state index contributed by atoms with van der Waals surface area (Å²) >= 11 is 0. The minimum Gasteiger partial charge on any atom is -0.325 e. The number of hydrogen-bond donors (Lipinski definition) is 1. The van der Waals surface area contributed by atoms with Crippen LogP contribution in [0, 0.1) is 5.92 Å². The summed E-state index contributed by atoms with van der Waals surface area (Å²) in [4.78, 5) is 0. The van der Waals surface area contributed by atoms with Crippen LogP contribution in [-0.4, -0.2) is 11.2 Å². The van der Waals surface area contributed by atoms with Gasteiger partial charge in [0.05, 0.1) is 0 Å². The monoisotopic (exact) mass is 171 g/mol. The van der Waals surface area contributed by atoms with E-state index in [9.17, 15) is 4.39 Å². The third-order valence-corrected chi connectivity index (χ3v) is 3.67. The summed E-state index contributed by atoms with van der Waals surface area (Å²) in [7, 11) is 0. The lowest BCUT2D eigenvalue weighted by molar-refractivity contribution is 0.0923. The summed E-state index contributed by atoms with van der Waals surface area (Å²) in [5.41, 5.74) is 5.31. The van der Waals surface area contributed by atoms with Crippen LogP contribution in [0.5, 0.6) is 0 Å². The highest BCUT2D eigenvalue weighted by atomic mass is 19.1. The van der Waals surface area contributed by atoms with Crippen molar-refractivity contribution in [2.45, 2.75) is 56.7 Å². The minimum absolute atomic E-state index is 0.122. The third-order valence-electron chi connectivity index (χ3n) is 3.67. The maximum absolute atomic E-state index is 13.4. The van der Waals surface area contributed by atoms with Gasteiger partial charge in [-0.1, -0.05) is 0 Å². The molecule has 0 atom stereocenters. The molecule has 2 fully saturated rings. The summed E-state index contributed by atoms with van der Waals surface area (Å²) in [6, 6.07) is 0. The predicted octanol–water partition coefficient (Wildman–Crippen LogP) is 2.40. The van der Waals surface area contributed by atoms with E-state index in [0.29, 0.717) is 5.92 Å². The Morgan fingerprint density at radius 1 is 1.17 bits per heavy atom. The number of halogens is 1. The van der Waals surface area contributed by atoms with Gasteiger partial charge in [-0.15, -0.1) is 0 Å². The van der Waals surface area contributed by atoms with E-state index in [-0.39, 0.29) is 5.54 Å². The quantitative estimate of drug-likeness (QED) is 0.644. The molecule has 0 spiro atoms. The first kappa shape index (κ1) is 8.49. The van der Waals surface area contributed by atoms with E-state index in [1.54, 1.807) is 6.92 Å². The topological polar surface area (TPSA) is 26.0 Å². The Kier molecular flexibility index (Phi) is 1.73. The van der Waals surface area contributed by atoms with Crippen molar-refractivity contribution in [1.82, 2.24) is 0 Å². The highest BCUT2D eigenvalue weighted by molar-refractivity contribution is 5.05. The van der Waals surface area contributed by atoms with E-state index in [1.165, 1.54) is 12.8 Å². The molecule has 0 aromatic carbocycles. The summed E-state index contributed by atoms with van der Waals surface area (Å²) in [5.74, 6) is 0.612. The van der Waals surface area contributed by atoms with Crippen molar-refractivity contribution < 1.29 is 4.39 Å². The average molecular weight is 171 g/mol. The molecule has 0 aliphatic heterocycles. The van der Waals surface area contributed by atoms with Crippen molar-refractivity contribution in [3.63, 3.8) is 0 Å². The molecule has 1 nitrogen and oxygen atoms in total. The molecule has 0 radical (unpaired) electrons. The van der Waals surface area contributed by atoms with Crippen molar-refractivity contribution in [2.24, 2.45) is 11.7 Å². The van der Waals surface area contributed by atoms with E-state index in [4.69, 9.17) is 5.73 Å². The largest absolute Gasteiger partial charge is 0.325 e. The molecule has 0 unspecified atom stereocenters. The van der Waals surface area contributed by atoms with Crippen LogP contribution in [-0.2, 0) is 0 Å². The molecule has 12 heavy (non-hydrogen) atoms. The van der Waals surface area contributed by atoms with Crippen molar-refractivity contribution in [3.05, 3.63) is 0 Å². The van der Waals surface area contributed by atoms with Crippen LogP contribution in [0.3, 0.4) is 0 Å². The molecule has 0 amide bonds. The molecular formula is C10H18FN. The van der Waals surface area contributed by atoms with E-state index < -0.39 is 5.67 Å². The zero-order valence-corrected chi connectivity index (χ0v) is 7.78. The molecule has 2 aliphatic carbocycles. The Hall–Kier alpha value is -0.110. The Balaban J connectivity index is 1.90. The van der Waals surface area contributed by atoms with Crippen LogP contribution in [0.25, 0.3) is 0 Å². The number of rotatable bonds is 1. The Morgan fingerprint density at radius 2 is 1.67 bits per heavy atom. The molecule has 2 aliphatic rings. The highest BCUT2D eigenvalue weighted by Gasteiger charge is 2.47. The van der Waals surface area contributed by atoms with Gasteiger partial charge in [-0.05, 0) is 51.4 Å². The first-order valence-corrected chi connectivity index (χ1v) is 5.00. The van der Waals surface area contributed by atoms with Crippen LogP contribution < -0.4 is 5.73 Å². The molecule has 70 valence electrons. The fourth-order valence-electron chi connectivity index (χ4n) is 2.35. The van der Waals surface area contributed by atoms with Gasteiger partial charge >= 0.3 is 0 Å². The molecular weight excluding hydrogens is 153 g/mol. The second-order valence-corrected chi connectivity index (χ2v) is 4.92. The maximum Gasteiger partial charge on any atom is 0.108 e. The zero-order chi connectivity index (χ0) is 8.82. The predicted molar refractivity (Wildman–Crippen MR) is 47.6 cm³/mol. The molecule has 2 saturated carbocycles. The number of alkyl halides is 1. The van der Waals surface area contributed by atoms with Gasteiger partial charge in [-0.25, -0.2) is 4.39 Å². The van der Waals surface area contributed by atoms with Gasteiger partial charge < -0.3 is 5.73 Å². The van der Waals surface area contributed by atoms with Gasteiger partial charge in [0.25, 0.3) is 0 Å². The molecule has 0 aromatic heterocycles. The first-order chi connectivity index (χ1) is 5.52. The number of nitrogens with two attached hydrogens (primary N) is 1. The van der Waals surface area contributed by atoms with E-state index in [1.807, 2.05) is 0 Å². The summed E-state index contributed by atoms with van der Waals surface area (Å²) in [5, 5.41) is 0. The van der Waals surface area contributed by atoms with Crippen LogP contribution in [0.4, 0.5) is 4.39 Å². The molecule has 0 saturated heterocycles. The van der Waals surface area contributed by atoms with Gasteiger partial charge in [0.15, 0.2) is 0 Å². The highest BCUT2D eigenvalue weighted by Crippen LogP contribution is 2.48. The van der Waals surface area contributed by atoms with Crippen molar-refractivity contribution in [3.8, 4) is 0 Å². The second-order valence-electron chi connectivity index (χ2n) is 4.92. The van der Waals surface area contributed by atoms with E-state index in [0.717, 1.165) is 25.7 Å². The molecule has 2 N–H and O–H groups in total. The van der Waals surface area contributed by atoms with Crippen molar-refractivity contribution in [2.75, 3.05) is 0 Å².